The number of carbonyl (C=O) groups is 2. The number of nitrogens with zero attached hydrogens (tertiary/aromatic N) is 1. The van der Waals surface area contributed by atoms with Crippen LogP contribution in [-0.2, 0) is 19.6 Å². The molecule has 0 radical (unpaired) electrons. The number of carbonyl (C=O) groups excluding carboxylic acids is 2. The quantitative estimate of drug-likeness (QED) is 0.558. The van der Waals surface area contributed by atoms with Gasteiger partial charge < -0.3 is 10.6 Å². The zero-order valence-corrected chi connectivity index (χ0v) is 13.1. The SMILES string of the molecule is NS(=O)(=O)c1ccc(NC(=O)C(=O)Nc2cccnc2Cl)cc1. The first-order valence-electron chi connectivity index (χ1n) is 6.13. The largest absolute Gasteiger partial charge is 0.318 e. The molecule has 1 aromatic heterocycles. The van der Waals surface area contributed by atoms with E-state index in [0.717, 1.165) is 0 Å². The lowest BCUT2D eigenvalue weighted by Crippen LogP contribution is -2.29. The Kier molecular flexibility index (Phi) is 4.94. The van der Waals surface area contributed by atoms with Crippen molar-refractivity contribution in [1.82, 2.24) is 4.98 Å². The van der Waals surface area contributed by atoms with Gasteiger partial charge in [-0.3, -0.25) is 9.59 Å². The fraction of sp³-hybridized carbons (Fsp3) is 0. The summed E-state index contributed by atoms with van der Waals surface area (Å²) in [5.74, 6) is -1.90. The van der Waals surface area contributed by atoms with Crippen molar-refractivity contribution >= 4 is 44.8 Å². The van der Waals surface area contributed by atoms with Crippen molar-refractivity contribution in [3.8, 4) is 0 Å². The molecule has 8 nitrogen and oxygen atoms in total. The van der Waals surface area contributed by atoms with Gasteiger partial charge in [0.25, 0.3) is 0 Å². The van der Waals surface area contributed by atoms with E-state index >= 15 is 0 Å². The van der Waals surface area contributed by atoms with Gasteiger partial charge in [-0.2, -0.15) is 0 Å². The van der Waals surface area contributed by atoms with E-state index in [2.05, 4.69) is 15.6 Å². The number of sulfonamides is 1. The fourth-order valence-electron chi connectivity index (χ4n) is 1.57. The number of halogens is 1. The van der Waals surface area contributed by atoms with E-state index < -0.39 is 21.8 Å². The van der Waals surface area contributed by atoms with Crippen LogP contribution in [0.15, 0.2) is 47.5 Å². The Morgan fingerprint density at radius 3 is 2.22 bits per heavy atom. The molecule has 0 bridgehead atoms. The normalized spacial score (nSPS) is 10.9. The summed E-state index contributed by atoms with van der Waals surface area (Å²) in [5.41, 5.74) is 0.425. The summed E-state index contributed by atoms with van der Waals surface area (Å²) in [6.07, 6.45) is 1.44. The molecule has 0 spiro atoms. The number of rotatable bonds is 3. The second-order valence-corrected chi connectivity index (χ2v) is 6.24. The second-order valence-electron chi connectivity index (χ2n) is 4.32. The lowest BCUT2D eigenvalue weighted by Gasteiger charge is -2.07. The van der Waals surface area contributed by atoms with Crippen LogP contribution in [0.4, 0.5) is 11.4 Å². The van der Waals surface area contributed by atoms with Gasteiger partial charge in [-0.25, -0.2) is 18.5 Å². The standard InChI is InChI=1S/C13H11ClN4O4S/c14-11-10(2-1-7-16-11)18-13(20)12(19)17-8-3-5-9(6-4-8)23(15,21)22/h1-7H,(H,17,19)(H,18,20)(H2,15,21,22). The van der Waals surface area contributed by atoms with Crippen molar-refractivity contribution in [3.63, 3.8) is 0 Å². The first-order chi connectivity index (χ1) is 10.8. The third-order valence-electron chi connectivity index (χ3n) is 2.65. The molecule has 0 aliphatic carbocycles. The number of nitrogens with two attached hydrogens (primary N) is 1. The number of nitrogens with one attached hydrogen (secondary N) is 2. The smallest absolute Gasteiger partial charge is 0.314 e. The van der Waals surface area contributed by atoms with Gasteiger partial charge in [0.15, 0.2) is 5.15 Å². The molecule has 1 aromatic carbocycles. The Hall–Kier alpha value is -2.49. The number of benzene rings is 1. The molecule has 0 saturated carbocycles. The average Bonchev–Trinajstić information content (AvgIpc) is 2.49. The first kappa shape index (κ1) is 16.9. The highest BCUT2D eigenvalue weighted by Crippen LogP contribution is 2.17. The van der Waals surface area contributed by atoms with E-state index in [4.69, 9.17) is 16.7 Å². The van der Waals surface area contributed by atoms with E-state index in [0.29, 0.717) is 0 Å². The predicted molar refractivity (Wildman–Crippen MR) is 84.3 cm³/mol. The highest BCUT2D eigenvalue weighted by Gasteiger charge is 2.16. The van der Waals surface area contributed by atoms with Crippen LogP contribution in [0.2, 0.25) is 5.15 Å². The van der Waals surface area contributed by atoms with Crippen LogP contribution >= 0.6 is 11.6 Å². The number of hydrogen-bond acceptors (Lipinski definition) is 5. The maximum Gasteiger partial charge on any atom is 0.314 e. The summed E-state index contributed by atoms with van der Waals surface area (Å²) in [6.45, 7) is 0. The van der Waals surface area contributed by atoms with Crippen LogP contribution in [0, 0.1) is 0 Å². The van der Waals surface area contributed by atoms with Gasteiger partial charge in [-0.05, 0) is 36.4 Å². The molecule has 0 fully saturated rings. The van der Waals surface area contributed by atoms with Crippen LogP contribution in [0.5, 0.6) is 0 Å². The van der Waals surface area contributed by atoms with Crippen LogP contribution in [0.25, 0.3) is 0 Å². The van der Waals surface area contributed by atoms with Crippen LogP contribution in [-0.4, -0.2) is 25.2 Å². The summed E-state index contributed by atoms with van der Waals surface area (Å²) in [4.78, 5) is 27.2. The lowest BCUT2D eigenvalue weighted by molar-refractivity contribution is -0.133. The van der Waals surface area contributed by atoms with Crippen molar-refractivity contribution in [2.75, 3.05) is 10.6 Å². The molecule has 2 amide bonds. The van der Waals surface area contributed by atoms with Crippen molar-refractivity contribution in [3.05, 3.63) is 47.7 Å². The van der Waals surface area contributed by atoms with Crippen LogP contribution < -0.4 is 15.8 Å². The molecule has 2 aromatic rings. The molecule has 4 N–H and O–H groups in total. The van der Waals surface area contributed by atoms with Gasteiger partial charge in [-0.15, -0.1) is 0 Å². The molecule has 2 rings (SSSR count). The average molecular weight is 355 g/mol. The van der Waals surface area contributed by atoms with Crippen molar-refractivity contribution in [2.45, 2.75) is 4.90 Å². The number of amides is 2. The summed E-state index contributed by atoms with van der Waals surface area (Å²) in [6, 6.07) is 8.07. The molecule has 0 aliphatic heterocycles. The molecule has 1 heterocycles. The van der Waals surface area contributed by atoms with Crippen LogP contribution in [0.3, 0.4) is 0 Å². The van der Waals surface area contributed by atoms with Crippen molar-refractivity contribution in [2.24, 2.45) is 5.14 Å². The molecule has 0 aliphatic rings. The van der Waals surface area contributed by atoms with Gasteiger partial charge in [0, 0.05) is 11.9 Å². The van der Waals surface area contributed by atoms with E-state index in [1.807, 2.05) is 0 Å². The van der Waals surface area contributed by atoms with E-state index in [1.165, 1.54) is 36.5 Å². The third kappa shape index (κ3) is 4.49. The lowest BCUT2D eigenvalue weighted by atomic mass is 10.3. The Morgan fingerprint density at radius 2 is 1.65 bits per heavy atom. The molecule has 0 atom stereocenters. The van der Waals surface area contributed by atoms with Gasteiger partial charge in [0.2, 0.25) is 10.0 Å². The number of pyridine rings is 1. The van der Waals surface area contributed by atoms with E-state index in [9.17, 15) is 18.0 Å². The van der Waals surface area contributed by atoms with Crippen LogP contribution in [0.1, 0.15) is 0 Å². The minimum atomic E-state index is -3.82. The number of primary sulfonamides is 1. The van der Waals surface area contributed by atoms with Gasteiger partial charge in [0.05, 0.1) is 10.6 Å². The minimum Gasteiger partial charge on any atom is -0.318 e. The monoisotopic (exact) mass is 354 g/mol. The summed E-state index contributed by atoms with van der Waals surface area (Å²) in [5, 5.41) is 9.62. The van der Waals surface area contributed by atoms with Gasteiger partial charge in [0.1, 0.15) is 0 Å². The van der Waals surface area contributed by atoms with Gasteiger partial charge >= 0.3 is 11.8 Å². The van der Waals surface area contributed by atoms with Gasteiger partial charge in [-0.1, -0.05) is 11.6 Å². The highest BCUT2D eigenvalue weighted by atomic mass is 35.5. The molecule has 10 heteroatoms. The molecular formula is C13H11ClN4O4S. The Bertz CT molecular complexity index is 853. The maximum absolute atomic E-state index is 11.8. The zero-order valence-electron chi connectivity index (χ0n) is 11.5. The Morgan fingerprint density at radius 1 is 1.04 bits per heavy atom. The van der Waals surface area contributed by atoms with Crippen molar-refractivity contribution in [1.29, 1.82) is 0 Å². The zero-order chi connectivity index (χ0) is 17.0. The molecule has 0 unspecified atom stereocenters. The topological polar surface area (TPSA) is 131 Å². The Balaban J connectivity index is 2.04. The molecule has 120 valence electrons. The van der Waals surface area contributed by atoms with Crippen molar-refractivity contribution < 1.29 is 18.0 Å². The molecular weight excluding hydrogens is 344 g/mol. The minimum absolute atomic E-state index is 0.0474. The number of anilines is 2. The summed E-state index contributed by atoms with van der Waals surface area (Å²) >= 11 is 5.77. The van der Waals surface area contributed by atoms with E-state index in [1.54, 1.807) is 6.07 Å². The fourth-order valence-corrected chi connectivity index (χ4v) is 2.26. The summed E-state index contributed by atoms with van der Waals surface area (Å²) < 4.78 is 22.2. The molecule has 0 saturated heterocycles. The third-order valence-corrected chi connectivity index (χ3v) is 3.88. The molecule has 23 heavy (non-hydrogen) atoms. The number of aromatic nitrogens is 1. The second kappa shape index (κ2) is 6.73. The summed E-state index contributed by atoms with van der Waals surface area (Å²) in [7, 11) is -3.82. The van der Waals surface area contributed by atoms with E-state index in [-0.39, 0.29) is 21.4 Å². The predicted octanol–water partition coefficient (Wildman–Crippen LogP) is 0.960. The Labute approximate surface area is 136 Å². The number of hydrogen-bond donors (Lipinski definition) is 3. The first-order valence-corrected chi connectivity index (χ1v) is 8.05. The highest BCUT2D eigenvalue weighted by molar-refractivity contribution is 7.89. The maximum atomic E-state index is 11.8.